The van der Waals surface area contributed by atoms with Crippen molar-refractivity contribution in [1.29, 1.82) is 0 Å². The zero-order chi connectivity index (χ0) is 15.6. The van der Waals surface area contributed by atoms with Crippen LogP contribution in [0, 0.1) is 0 Å². The third-order valence-electron chi connectivity index (χ3n) is 2.84. The number of nitrogens with zero attached hydrogens (tertiary/aromatic N) is 2. The molecule has 0 aliphatic heterocycles. The molecule has 9 heteroatoms. The fraction of sp³-hybridized carbons (Fsp3) is 0.167. The molecule has 0 unspecified atom stereocenters. The summed E-state index contributed by atoms with van der Waals surface area (Å²) in [5, 5.41) is 15.3. The van der Waals surface area contributed by atoms with Gasteiger partial charge in [-0.25, -0.2) is 13.2 Å². The highest BCUT2D eigenvalue weighted by atomic mass is 35.5. The topological polar surface area (TPSA) is 103 Å². The minimum absolute atomic E-state index is 0.0149. The first-order valence-electron chi connectivity index (χ1n) is 5.79. The van der Waals surface area contributed by atoms with Crippen LogP contribution in [0.4, 0.5) is 0 Å². The van der Waals surface area contributed by atoms with Crippen LogP contribution in [0.1, 0.15) is 15.9 Å². The molecule has 112 valence electrons. The summed E-state index contributed by atoms with van der Waals surface area (Å²) in [5.74, 6) is -1.28. The summed E-state index contributed by atoms with van der Waals surface area (Å²) in [6.45, 7) is 0.115. The molecule has 21 heavy (non-hydrogen) atoms. The molecule has 2 rings (SSSR count). The first-order chi connectivity index (χ1) is 9.82. The second kappa shape index (κ2) is 5.84. The highest BCUT2D eigenvalue weighted by Crippen LogP contribution is 2.23. The number of nitrogens with one attached hydrogen (secondary N) is 1. The number of carboxylic acids is 1. The lowest BCUT2D eigenvalue weighted by Crippen LogP contribution is -2.26. The number of carboxylic acid groups (broad SMARTS) is 1. The molecule has 0 aliphatic carbocycles. The van der Waals surface area contributed by atoms with Gasteiger partial charge in [-0.3, -0.25) is 5.10 Å². The van der Waals surface area contributed by atoms with Crippen molar-refractivity contribution < 1.29 is 18.3 Å². The molecule has 0 fully saturated rings. The molecule has 0 saturated heterocycles. The molecular weight excluding hydrogens is 318 g/mol. The summed E-state index contributed by atoms with van der Waals surface area (Å²) in [4.78, 5) is 10.9. The highest BCUT2D eigenvalue weighted by Gasteiger charge is 2.23. The molecule has 1 aromatic heterocycles. The summed E-state index contributed by atoms with van der Waals surface area (Å²) < 4.78 is 25.9. The number of halogens is 1. The van der Waals surface area contributed by atoms with E-state index in [-0.39, 0.29) is 22.0 Å². The van der Waals surface area contributed by atoms with Gasteiger partial charge >= 0.3 is 5.97 Å². The average Bonchev–Trinajstić information content (AvgIpc) is 2.91. The van der Waals surface area contributed by atoms with Gasteiger partial charge in [0, 0.05) is 25.4 Å². The van der Waals surface area contributed by atoms with Crippen LogP contribution in [0.2, 0.25) is 5.02 Å². The van der Waals surface area contributed by atoms with Crippen LogP contribution < -0.4 is 0 Å². The maximum absolute atomic E-state index is 12.4. The van der Waals surface area contributed by atoms with Crippen LogP contribution in [0.15, 0.2) is 35.5 Å². The summed E-state index contributed by atoms with van der Waals surface area (Å²) in [5.41, 5.74) is 0.433. The Morgan fingerprint density at radius 3 is 2.76 bits per heavy atom. The fourth-order valence-corrected chi connectivity index (χ4v) is 3.10. The number of aromatic carboxylic acids is 1. The first-order valence-corrected chi connectivity index (χ1v) is 7.61. The largest absolute Gasteiger partial charge is 0.478 e. The van der Waals surface area contributed by atoms with E-state index in [1.807, 2.05) is 0 Å². The summed E-state index contributed by atoms with van der Waals surface area (Å²) in [7, 11) is -2.42. The van der Waals surface area contributed by atoms with Gasteiger partial charge in [-0.15, -0.1) is 0 Å². The van der Waals surface area contributed by atoms with Gasteiger partial charge in [0.2, 0.25) is 10.0 Å². The van der Waals surface area contributed by atoms with E-state index in [2.05, 4.69) is 10.2 Å². The van der Waals surface area contributed by atoms with E-state index in [4.69, 9.17) is 16.7 Å². The van der Waals surface area contributed by atoms with Gasteiger partial charge in [-0.05, 0) is 18.2 Å². The van der Waals surface area contributed by atoms with E-state index >= 15 is 0 Å². The molecule has 1 aromatic carbocycles. The summed E-state index contributed by atoms with van der Waals surface area (Å²) >= 11 is 5.73. The average molecular weight is 330 g/mol. The molecule has 1 heterocycles. The van der Waals surface area contributed by atoms with Gasteiger partial charge in [0.05, 0.1) is 21.7 Å². The smallest absolute Gasteiger partial charge is 0.337 e. The van der Waals surface area contributed by atoms with Gasteiger partial charge < -0.3 is 5.11 Å². The number of hydrogen-bond donors (Lipinski definition) is 2. The van der Waals surface area contributed by atoms with Crippen LogP contribution in [-0.4, -0.2) is 41.0 Å². The van der Waals surface area contributed by atoms with E-state index < -0.39 is 16.0 Å². The predicted molar refractivity (Wildman–Crippen MR) is 75.7 cm³/mol. The van der Waals surface area contributed by atoms with Gasteiger partial charge in [0.1, 0.15) is 0 Å². The maximum atomic E-state index is 12.4. The fourth-order valence-electron chi connectivity index (χ4n) is 1.71. The van der Waals surface area contributed by atoms with Crippen molar-refractivity contribution >= 4 is 27.6 Å². The van der Waals surface area contributed by atoms with Crippen LogP contribution in [-0.2, 0) is 16.6 Å². The Balaban J connectivity index is 2.35. The van der Waals surface area contributed by atoms with Gasteiger partial charge in [-0.2, -0.15) is 9.40 Å². The van der Waals surface area contributed by atoms with Crippen LogP contribution in [0.5, 0.6) is 0 Å². The quantitative estimate of drug-likeness (QED) is 0.866. The molecule has 0 bridgehead atoms. The summed E-state index contributed by atoms with van der Waals surface area (Å²) in [6.07, 6.45) is 3.09. The number of aromatic amines is 1. The lowest BCUT2D eigenvalue weighted by Gasteiger charge is -2.16. The van der Waals surface area contributed by atoms with Gasteiger partial charge in [-0.1, -0.05) is 11.6 Å². The minimum atomic E-state index is -3.82. The number of carbonyl (C=O) groups is 1. The van der Waals surface area contributed by atoms with Gasteiger partial charge in [0.15, 0.2) is 0 Å². The Morgan fingerprint density at radius 1 is 1.48 bits per heavy atom. The minimum Gasteiger partial charge on any atom is -0.478 e. The highest BCUT2D eigenvalue weighted by molar-refractivity contribution is 7.89. The standard InChI is InChI=1S/C12H12ClN3O4S/c1-16(7-8-5-14-15-6-8)21(19,20)9-2-3-11(13)10(4-9)12(17)18/h2-6H,7H2,1H3,(H,14,15)(H,17,18). The molecule has 0 amide bonds. The normalized spacial score (nSPS) is 11.8. The van der Waals surface area contributed by atoms with E-state index in [0.29, 0.717) is 5.56 Å². The Labute approximate surface area is 126 Å². The molecule has 0 aliphatic rings. The van der Waals surface area contributed by atoms with E-state index in [1.54, 1.807) is 6.20 Å². The second-order valence-corrected chi connectivity index (χ2v) is 6.77. The first kappa shape index (κ1) is 15.5. The molecule has 2 N–H and O–H groups in total. The third kappa shape index (κ3) is 3.23. The molecule has 7 nitrogen and oxygen atoms in total. The zero-order valence-corrected chi connectivity index (χ0v) is 12.5. The number of hydrogen-bond acceptors (Lipinski definition) is 4. The van der Waals surface area contributed by atoms with E-state index in [9.17, 15) is 13.2 Å². The Kier molecular flexibility index (Phi) is 4.31. The lowest BCUT2D eigenvalue weighted by atomic mass is 10.2. The number of benzene rings is 1. The summed E-state index contributed by atoms with van der Waals surface area (Å²) in [6, 6.07) is 3.57. The van der Waals surface area contributed by atoms with Crippen LogP contribution >= 0.6 is 11.6 Å². The third-order valence-corrected chi connectivity index (χ3v) is 4.97. The Morgan fingerprint density at radius 2 is 2.19 bits per heavy atom. The van der Waals surface area contributed by atoms with Crippen molar-refractivity contribution in [3.05, 3.63) is 46.7 Å². The number of H-pyrrole nitrogens is 1. The molecule has 0 spiro atoms. The number of aromatic nitrogens is 2. The molecule has 2 aromatic rings. The van der Waals surface area contributed by atoms with Crippen molar-refractivity contribution in [2.75, 3.05) is 7.05 Å². The van der Waals surface area contributed by atoms with E-state index in [1.165, 1.54) is 25.4 Å². The second-order valence-electron chi connectivity index (χ2n) is 4.31. The lowest BCUT2D eigenvalue weighted by molar-refractivity contribution is 0.0697. The SMILES string of the molecule is CN(Cc1cn[nH]c1)S(=O)(=O)c1ccc(Cl)c(C(=O)O)c1. The molecule has 0 radical (unpaired) electrons. The van der Waals surface area contributed by atoms with Gasteiger partial charge in [0.25, 0.3) is 0 Å². The molecular formula is C12H12ClN3O4S. The predicted octanol–water partition coefficient (Wildman–Crippen LogP) is 1.58. The molecule has 0 saturated carbocycles. The zero-order valence-electron chi connectivity index (χ0n) is 10.9. The van der Waals surface area contributed by atoms with Crippen molar-refractivity contribution in [2.24, 2.45) is 0 Å². The van der Waals surface area contributed by atoms with Crippen molar-refractivity contribution in [1.82, 2.24) is 14.5 Å². The Bertz CT molecular complexity index is 759. The van der Waals surface area contributed by atoms with Crippen LogP contribution in [0.25, 0.3) is 0 Å². The van der Waals surface area contributed by atoms with Crippen molar-refractivity contribution in [2.45, 2.75) is 11.4 Å². The number of rotatable bonds is 5. The number of sulfonamides is 1. The Hall–Kier alpha value is -1.90. The van der Waals surface area contributed by atoms with Crippen molar-refractivity contribution in [3.63, 3.8) is 0 Å². The monoisotopic (exact) mass is 329 g/mol. The van der Waals surface area contributed by atoms with Crippen molar-refractivity contribution in [3.8, 4) is 0 Å². The molecule has 0 atom stereocenters. The van der Waals surface area contributed by atoms with E-state index in [0.717, 1.165) is 10.4 Å². The van der Waals surface area contributed by atoms with Crippen LogP contribution in [0.3, 0.4) is 0 Å². The maximum Gasteiger partial charge on any atom is 0.337 e.